The van der Waals surface area contributed by atoms with Crippen LogP contribution in [0.15, 0.2) is 36.7 Å². The van der Waals surface area contributed by atoms with Crippen LogP contribution in [0.25, 0.3) is 5.69 Å². The summed E-state index contributed by atoms with van der Waals surface area (Å²) < 4.78 is 5.36. The molecule has 0 amide bonds. The van der Waals surface area contributed by atoms with Crippen molar-refractivity contribution in [2.45, 2.75) is 12.8 Å². The molecule has 0 aliphatic carbocycles. The zero-order valence-corrected chi connectivity index (χ0v) is 10.8. The Kier molecular flexibility index (Phi) is 3.74. The smallest absolute Gasteiger partial charge is 0.0858 e. The van der Waals surface area contributed by atoms with Gasteiger partial charge in [0.1, 0.15) is 0 Å². The second kappa shape index (κ2) is 5.84. The Morgan fingerprint density at radius 3 is 2.47 bits per heavy atom. The monoisotopic (exact) mass is 258 g/mol. The lowest BCUT2D eigenvalue weighted by Crippen LogP contribution is -2.22. The summed E-state index contributed by atoms with van der Waals surface area (Å²) in [5.74, 6) is 0.723. The summed E-state index contributed by atoms with van der Waals surface area (Å²) in [7, 11) is 0. The number of aromatic nitrogens is 3. The minimum atomic E-state index is 0.723. The quantitative estimate of drug-likeness (QED) is 0.912. The largest absolute Gasteiger partial charge is 0.385 e. The molecule has 1 aromatic heterocycles. The first-order chi connectivity index (χ1) is 9.42. The molecule has 100 valence electrons. The lowest BCUT2D eigenvalue weighted by atomic mass is 10.0. The van der Waals surface area contributed by atoms with Crippen molar-refractivity contribution >= 4 is 5.69 Å². The highest BCUT2D eigenvalue weighted by Crippen LogP contribution is 2.17. The molecule has 5 nitrogen and oxygen atoms in total. The van der Waals surface area contributed by atoms with Gasteiger partial charge in [-0.1, -0.05) is 0 Å². The Morgan fingerprint density at radius 2 is 1.79 bits per heavy atom. The Morgan fingerprint density at radius 1 is 1.11 bits per heavy atom. The zero-order chi connectivity index (χ0) is 12.9. The molecule has 1 aliphatic heterocycles. The Bertz CT molecular complexity index is 489. The van der Waals surface area contributed by atoms with Crippen LogP contribution >= 0.6 is 0 Å². The molecule has 1 N–H and O–H groups in total. The van der Waals surface area contributed by atoms with Gasteiger partial charge < -0.3 is 10.1 Å². The molecule has 0 spiro atoms. The predicted octanol–water partition coefficient (Wildman–Crippen LogP) is 2.11. The van der Waals surface area contributed by atoms with Crippen LogP contribution in [0.3, 0.4) is 0 Å². The molecular formula is C14H18N4O. The molecule has 1 fully saturated rings. The molecule has 2 aromatic rings. The molecule has 1 aliphatic rings. The lowest BCUT2D eigenvalue weighted by Gasteiger charge is -2.22. The van der Waals surface area contributed by atoms with Crippen molar-refractivity contribution in [2.24, 2.45) is 5.92 Å². The maximum Gasteiger partial charge on any atom is 0.0858 e. The van der Waals surface area contributed by atoms with E-state index in [2.05, 4.69) is 27.6 Å². The first-order valence-electron chi connectivity index (χ1n) is 6.70. The van der Waals surface area contributed by atoms with E-state index in [-0.39, 0.29) is 0 Å². The van der Waals surface area contributed by atoms with E-state index < -0.39 is 0 Å². The standard InChI is InChI=1S/C14H18N4O/c1-3-14(18-16-7-8-17-18)4-2-13(1)15-11-12-5-9-19-10-6-12/h1-4,7-8,12,15H,5-6,9-11H2. The number of nitrogens with zero attached hydrogens (tertiary/aromatic N) is 3. The topological polar surface area (TPSA) is 52.0 Å². The van der Waals surface area contributed by atoms with E-state index in [0.717, 1.165) is 49.9 Å². The molecule has 0 bridgehead atoms. The van der Waals surface area contributed by atoms with Crippen molar-refractivity contribution in [1.29, 1.82) is 0 Å². The van der Waals surface area contributed by atoms with Crippen molar-refractivity contribution in [3.63, 3.8) is 0 Å². The normalized spacial score (nSPS) is 16.4. The Hall–Kier alpha value is -1.88. The second-order valence-corrected chi connectivity index (χ2v) is 4.80. The van der Waals surface area contributed by atoms with Gasteiger partial charge in [-0.05, 0) is 43.0 Å². The van der Waals surface area contributed by atoms with E-state index in [1.807, 2.05) is 12.1 Å². The van der Waals surface area contributed by atoms with Crippen molar-refractivity contribution in [3.05, 3.63) is 36.7 Å². The maximum absolute atomic E-state index is 5.36. The molecule has 2 heterocycles. The molecule has 19 heavy (non-hydrogen) atoms. The molecule has 0 radical (unpaired) electrons. The van der Waals surface area contributed by atoms with E-state index in [1.54, 1.807) is 17.2 Å². The van der Waals surface area contributed by atoms with Gasteiger partial charge >= 0.3 is 0 Å². The first kappa shape index (κ1) is 12.2. The summed E-state index contributed by atoms with van der Waals surface area (Å²) in [4.78, 5) is 1.61. The number of hydrogen-bond acceptors (Lipinski definition) is 4. The number of anilines is 1. The highest BCUT2D eigenvalue weighted by atomic mass is 16.5. The van der Waals surface area contributed by atoms with Crippen molar-refractivity contribution in [3.8, 4) is 5.69 Å². The molecule has 0 saturated carbocycles. The highest BCUT2D eigenvalue weighted by molar-refractivity contribution is 5.48. The minimum Gasteiger partial charge on any atom is -0.385 e. The first-order valence-corrected chi connectivity index (χ1v) is 6.70. The third-order valence-corrected chi connectivity index (χ3v) is 3.45. The van der Waals surface area contributed by atoms with Crippen molar-refractivity contribution in [1.82, 2.24) is 15.0 Å². The summed E-state index contributed by atoms with van der Waals surface area (Å²) in [6, 6.07) is 8.18. The number of rotatable bonds is 4. The third kappa shape index (κ3) is 3.12. The fraction of sp³-hybridized carbons (Fsp3) is 0.429. The summed E-state index contributed by atoms with van der Waals surface area (Å²) >= 11 is 0. The number of benzene rings is 1. The van der Waals surface area contributed by atoms with E-state index in [4.69, 9.17) is 4.74 Å². The molecular weight excluding hydrogens is 240 g/mol. The number of hydrogen-bond donors (Lipinski definition) is 1. The SMILES string of the molecule is c1cnn(-c2ccc(NCC3CCOCC3)cc2)n1. The summed E-state index contributed by atoms with van der Waals surface area (Å²) in [5, 5.41) is 11.7. The van der Waals surface area contributed by atoms with Gasteiger partial charge in [0.25, 0.3) is 0 Å². The summed E-state index contributed by atoms with van der Waals surface area (Å²) in [5.41, 5.74) is 2.11. The fourth-order valence-electron chi connectivity index (χ4n) is 2.27. The molecule has 0 atom stereocenters. The fourth-order valence-corrected chi connectivity index (χ4v) is 2.27. The van der Waals surface area contributed by atoms with Gasteiger partial charge in [-0.15, -0.1) is 0 Å². The van der Waals surface area contributed by atoms with Crippen LogP contribution in [0.4, 0.5) is 5.69 Å². The van der Waals surface area contributed by atoms with E-state index in [1.165, 1.54) is 0 Å². The van der Waals surface area contributed by atoms with Crippen LogP contribution in [0.2, 0.25) is 0 Å². The highest BCUT2D eigenvalue weighted by Gasteiger charge is 2.13. The molecule has 5 heteroatoms. The summed E-state index contributed by atoms with van der Waals surface area (Å²) in [6.07, 6.45) is 5.67. The van der Waals surface area contributed by atoms with Crippen LogP contribution < -0.4 is 5.32 Å². The predicted molar refractivity (Wildman–Crippen MR) is 73.4 cm³/mol. The van der Waals surface area contributed by atoms with Gasteiger partial charge in [-0.25, -0.2) is 0 Å². The van der Waals surface area contributed by atoms with Crippen LogP contribution in [-0.4, -0.2) is 34.8 Å². The van der Waals surface area contributed by atoms with Crippen LogP contribution in [0, 0.1) is 5.92 Å². The Balaban J connectivity index is 1.57. The van der Waals surface area contributed by atoms with Gasteiger partial charge in [-0.2, -0.15) is 15.0 Å². The average Bonchev–Trinajstić information content (AvgIpc) is 3.01. The lowest BCUT2D eigenvalue weighted by molar-refractivity contribution is 0.0699. The van der Waals surface area contributed by atoms with Gasteiger partial charge in [0.15, 0.2) is 0 Å². The minimum absolute atomic E-state index is 0.723. The second-order valence-electron chi connectivity index (χ2n) is 4.80. The zero-order valence-electron chi connectivity index (χ0n) is 10.8. The Labute approximate surface area is 112 Å². The van der Waals surface area contributed by atoms with E-state index >= 15 is 0 Å². The van der Waals surface area contributed by atoms with Crippen molar-refractivity contribution < 1.29 is 4.74 Å². The van der Waals surface area contributed by atoms with E-state index in [9.17, 15) is 0 Å². The summed E-state index contributed by atoms with van der Waals surface area (Å²) in [6.45, 7) is 2.81. The van der Waals surface area contributed by atoms with Crippen LogP contribution in [0.5, 0.6) is 0 Å². The van der Waals surface area contributed by atoms with Gasteiger partial charge in [0.05, 0.1) is 18.1 Å². The third-order valence-electron chi connectivity index (χ3n) is 3.45. The molecule has 0 unspecified atom stereocenters. The number of ether oxygens (including phenoxy) is 1. The van der Waals surface area contributed by atoms with E-state index in [0.29, 0.717) is 0 Å². The van der Waals surface area contributed by atoms with Gasteiger partial charge in [-0.3, -0.25) is 0 Å². The maximum atomic E-state index is 5.36. The average molecular weight is 258 g/mol. The molecule has 1 aromatic carbocycles. The molecule has 3 rings (SSSR count). The van der Waals surface area contributed by atoms with Crippen molar-refractivity contribution in [2.75, 3.05) is 25.1 Å². The van der Waals surface area contributed by atoms with Gasteiger partial charge in [0, 0.05) is 25.4 Å². The molecule has 1 saturated heterocycles. The van der Waals surface area contributed by atoms with Gasteiger partial charge in [0.2, 0.25) is 0 Å². The van der Waals surface area contributed by atoms with Crippen LogP contribution in [-0.2, 0) is 4.74 Å². The number of nitrogens with one attached hydrogen (secondary N) is 1. The van der Waals surface area contributed by atoms with Crippen LogP contribution in [0.1, 0.15) is 12.8 Å².